The highest BCUT2D eigenvalue weighted by atomic mass is 35.5. The van der Waals surface area contributed by atoms with Gasteiger partial charge in [-0.05, 0) is 54.1 Å². The summed E-state index contributed by atoms with van der Waals surface area (Å²) in [7, 11) is 1.55. The van der Waals surface area contributed by atoms with Gasteiger partial charge in [0.15, 0.2) is 0 Å². The highest BCUT2D eigenvalue weighted by Gasteiger charge is 2.47. The number of rotatable bonds is 4. The van der Waals surface area contributed by atoms with Crippen molar-refractivity contribution < 1.29 is 19.4 Å². The molecule has 2 aromatic carbocycles. The van der Waals surface area contributed by atoms with Crippen LogP contribution >= 0.6 is 11.6 Å². The molecule has 6 nitrogen and oxygen atoms in total. The molecule has 0 radical (unpaired) electrons. The molecule has 1 fully saturated rings. The lowest BCUT2D eigenvalue weighted by Crippen LogP contribution is -2.29. The van der Waals surface area contributed by atoms with E-state index in [4.69, 9.17) is 16.3 Å². The number of hydrogen-bond donors (Lipinski definition) is 1. The van der Waals surface area contributed by atoms with Crippen molar-refractivity contribution >= 4 is 34.7 Å². The van der Waals surface area contributed by atoms with E-state index in [0.717, 1.165) is 0 Å². The minimum absolute atomic E-state index is 0.00339. The van der Waals surface area contributed by atoms with Gasteiger partial charge in [0, 0.05) is 16.8 Å². The predicted octanol–water partition coefficient (Wildman–Crippen LogP) is 4.37. The number of benzene rings is 2. The summed E-state index contributed by atoms with van der Waals surface area (Å²) in [5.41, 5.74) is 1.49. The van der Waals surface area contributed by atoms with Crippen LogP contribution in [0.5, 0.6) is 5.75 Å². The first-order valence-electron chi connectivity index (χ1n) is 9.12. The number of nitrogens with zero attached hydrogens (tertiary/aromatic N) is 2. The molecule has 0 saturated carbocycles. The summed E-state index contributed by atoms with van der Waals surface area (Å²) >= 11 is 5.94. The molecule has 4 rings (SSSR count). The van der Waals surface area contributed by atoms with Crippen LogP contribution in [0.25, 0.3) is 5.76 Å². The zero-order valence-electron chi connectivity index (χ0n) is 15.9. The fourth-order valence-electron chi connectivity index (χ4n) is 3.46. The Morgan fingerprint density at radius 2 is 1.77 bits per heavy atom. The van der Waals surface area contributed by atoms with Crippen molar-refractivity contribution in [1.29, 1.82) is 0 Å². The van der Waals surface area contributed by atoms with Crippen molar-refractivity contribution in [3.05, 3.63) is 94.8 Å². The molecule has 1 N–H and O–H groups in total. The van der Waals surface area contributed by atoms with Gasteiger partial charge in [-0.2, -0.15) is 0 Å². The van der Waals surface area contributed by atoms with Crippen molar-refractivity contribution in [3.63, 3.8) is 0 Å². The molecular weight excluding hydrogens is 404 g/mol. The van der Waals surface area contributed by atoms with E-state index in [1.807, 2.05) is 0 Å². The number of halogens is 1. The number of anilines is 1. The summed E-state index contributed by atoms with van der Waals surface area (Å²) in [6, 6.07) is 15.9. The fourth-order valence-corrected chi connectivity index (χ4v) is 3.59. The summed E-state index contributed by atoms with van der Waals surface area (Å²) in [5.74, 6) is -1.14. The number of amides is 1. The van der Waals surface area contributed by atoms with Crippen LogP contribution in [0.1, 0.15) is 17.2 Å². The lowest BCUT2D eigenvalue weighted by molar-refractivity contribution is -0.132. The average Bonchev–Trinajstić information content (AvgIpc) is 3.05. The van der Waals surface area contributed by atoms with Gasteiger partial charge in [-0.1, -0.05) is 23.7 Å². The van der Waals surface area contributed by atoms with Crippen LogP contribution in [0.15, 0.2) is 78.6 Å². The Hall–Kier alpha value is -3.64. The van der Waals surface area contributed by atoms with Crippen molar-refractivity contribution in [3.8, 4) is 5.75 Å². The molecule has 1 amide bonds. The Bertz CT molecular complexity index is 1130. The first-order valence-corrected chi connectivity index (χ1v) is 9.50. The van der Waals surface area contributed by atoms with Crippen LogP contribution in [0, 0.1) is 0 Å². The zero-order chi connectivity index (χ0) is 21.3. The van der Waals surface area contributed by atoms with E-state index in [2.05, 4.69) is 4.98 Å². The number of ether oxygens (including phenoxy) is 1. The lowest BCUT2D eigenvalue weighted by Gasteiger charge is -2.25. The summed E-state index contributed by atoms with van der Waals surface area (Å²) in [6.07, 6.45) is 3.08. The SMILES string of the molecule is COc1ccc(C2/C(=C(/O)c3ccc(Cl)cc3)C(=O)C(=O)N2c2cccnc2)cc1. The first-order chi connectivity index (χ1) is 14.5. The molecule has 1 aliphatic heterocycles. The maximum atomic E-state index is 13.0. The van der Waals surface area contributed by atoms with Gasteiger partial charge in [-0.25, -0.2) is 0 Å². The topological polar surface area (TPSA) is 79.7 Å². The molecule has 1 aromatic heterocycles. The highest BCUT2D eigenvalue weighted by Crippen LogP contribution is 2.42. The lowest BCUT2D eigenvalue weighted by atomic mass is 9.95. The van der Waals surface area contributed by atoms with Crippen molar-refractivity contribution in [1.82, 2.24) is 4.98 Å². The standard InChI is InChI=1S/C23H17ClN2O4/c1-30-18-10-6-14(7-11-18)20-19(21(27)15-4-8-16(24)9-5-15)22(28)23(29)26(20)17-3-2-12-25-13-17/h2-13,20,27H,1H3/b21-19-. The maximum Gasteiger partial charge on any atom is 0.300 e. The Morgan fingerprint density at radius 3 is 2.37 bits per heavy atom. The number of carbonyl (C=O) groups is 2. The molecule has 2 heterocycles. The van der Waals surface area contributed by atoms with Crippen LogP contribution < -0.4 is 9.64 Å². The molecule has 0 bridgehead atoms. The third-order valence-electron chi connectivity index (χ3n) is 4.92. The predicted molar refractivity (Wildman–Crippen MR) is 113 cm³/mol. The minimum Gasteiger partial charge on any atom is -0.507 e. The number of aliphatic hydroxyl groups excluding tert-OH is 1. The number of carbonyl (C=O) groups excluding carboxylic acids is 2. The second-order valence-corrected chi connectivity index (χ2v) is 7.10. The molecule has 1 aliphatic rings. The number of hydrogen-bond acceptors (Lipinski definition) is 5. The van der Waals surface area contributed by atoms with Gasteiger partial charge in [-0.15, -0.1) is 0 Å². The number of aliphatic hydroxyl groups is 1. The van der Waals surface area contributed by atoms with Crippen LogP contribution in [-0.2, 0) is 9.59 Å². The molecule has 0 aliphatic carbocycles. The molecule has 1 unspecified atom stereocenters. The monoisotopic (exact) mass is 420 g/mol. The second-order valence-electron chi connectivity index (χ2n) is 6.66. The smallest absolute Gasteiger partial charge is 0.300 e. The van der Waals surface area contributed by atoms with Crippen molar-refractivity contribution in [2.75, 3.05) is 12.0 Å². The average molecular weight is 421 g/mol. The van der Waals surface area contributed by atoms with Gasteiger partial charge >= 0.3 is 0 Å². The van der Waals surface area contributed by atoms with E-state index < -0.39 is 17.7 Å². The van der Waals surface area contributed by atoms with Crippen molar-refractivity contribution in [2.45, 2.75) is 6.04 Å². The Kier molecular flexibility index (Phi) is 5.25. The first kappa shape index (κ1) is 19.7. The van der Waals surface area contributed by atoms with Gasteiger partial charge in [0.1, 0.15) is 11.5 Å². The van der Waals surface area contributed by atoms with Crippen LogP contribution in [0.2, 0.25) is 5.02 Å². The molecule has 7 heteroatoms. The third-order valence-corrected chi connectivity index (χ3v) is 5.17. The van der Waals surface area contributed by atoms with E-state index in [1.165, 1.54) is 11.1 Å². The van der Waals surface area contributed by atoms with Gasteiger partial charge in [0.25, 0.3) is 11.7 Å². The number of ketones is 1. The molecule has 3 aromatic rings. The van der Waals surface area contributed by atoms with E-state index in [0.29, 0.717) is 27.6 Å². The summed E-state index contributed by atoms with van der Waals surface area (Å²) in [5, 5.41) is 11.5. The molecule has 1 atom stereocenters. The largest absolute Gasteiger partial charge is 0.507 e. The van der Waals surface area contributed by atoms with Gasteiger partial charge in [0.2, 0.25) is 0 Å². The van der Waals surface area contributed by atoms with Gasteiger partial charge in [0.05, 0.1) is 30.6 Å². The molecule has 1 saturated heterocycles. The number of aromatic nitrogens is 1. The van der Waals surface area contributed by atoms with E-state index in [9.17, 15) is 14.7 Å². The zero-order valence-corrected chi connectivity index (χ0v) is 16.7. The number of methoxy groups -OCH3 is 1. The molecule has 150 valence electrons. The van der Waals surface area contributed by atoms with Gasteiger partial charge in [-0.3, -0.25) is 19.5 Å². The second kappa shape index (κ2) is 8.00. The van der Waals surface area contributed by atoms with E-state index in [1.54, 1.807) is 74.0 Å². The quantitative estimate of drug-likeness (QED) is 0.385. The molecule has 30 heavy (non-hydrogen) atoms. The summed E-state index contributed by atoms with van der Waals surface area (Å²) in [6.45, 7) is 0. The van der Waals surface area contributed by atoms with Gasteiger partial charge < -0.3 is 9.84 Å². The van der Waals surface area contributed by atoms with Crippen LogP contribution in [0.4, 0.5) is 5.69 Å². The maximum absolute atomic E-state index is 13.0. The number of Topliss-reactive ketones (excluding diaryl/α,β-unsaturated/α-hetero) is 1. The summed E-state index contributed by atoms with van der Waals surface area (Å²) in [4.78, 5) is 31.4. The van der Waals surface area contributed by atoms with Crippen LogP contribution in [0.3, 0.4) is 0 Å². The Morgan fingerprint density at radius 1 is 1.07 bits per heavy atom. The molecular formula is C23H17ClN2O4. The normalized spacial score (nSPS) is 17.9. The Labute approximate surface area is 178 Å². The highest BCUT2D eigenvalue weighted by molar-refractivity contribution is 6.51. The fraction of sp³-hybridized carbons (Fsp3) is 0.0870. The Balaban J connectivity index is 1.92. The van der Waals surface area contributed by atoms with Crippen LogP contribution in [-0.4, -0.2) is 28.9 Å². The summed E-state index contributed by atoms with van der Waals surface area (Å²) < 4.78 is 5.21. The number of pyridine rings is 1. The minimum atomic E-state index is -0.823. The third kappa shape index (κ3) is 3.42. The van der Waals surface area contributed by atoms with Crippen molar-refractivity contribution in [2.24, 2.45) is 0 Å². The van der Waals surface area contributed by atoms with E-state index >= 15 is 0 Å². The van der Waals surface area contributed by atoms with E-state index in [-0.39, 0.29) is 11.3 Å². The molecule has 0 spiro atoms.